The van der Waals surface area contributed by atoms with E-state index in [9.17, 15) is 9.59 Å². The van der Waals surface area contributed by atoms with Crippen LogP contribution < -0.4 is 4.74 Å². The van der Waals surface area contributed by atoms with Crippen molar-refractivity contribution in [3.63, 3.8) is 0 Å². The smallest absolute Gasteiger partial charge is 0.260 e. The molecule has 1 aromatic rings. The Morgan fingerprint density at radius 1 is 1.04 bits per heavy atom. The number of rotatable bonds is 6. The second-order valence-corrected chi connectivity index (χ2v) is 6.06. The Morgan fingerprint density at radius 3 is 2.29 bits per heavy atom. The summed E-state index contributed by atoms with van der Waals surface area (Å²) in [5, 5.41) is 0. The molecule has 1 aliphatic rings. The van der Waals surface area contributed by atoms with Crippen LogP contribution in [0.3, 0.4) is 0 Å². The molecule has 0 bridgehead atoms. The minimum Gasteiger partial charge on any atom is -0.483 e. The van der Waals surface area contributed by atoms with Gasteiger partial charge in [0.25, 0.3) is 11.8 Å². The summed E-state index contributed by atoms with van der Waals surface area (Å²) in [6.45, 7) is 6.81. The fourth-order valence-electron chi connectivity index (χ4n) is 3.00. The van der Waals surface area contributed by atoms with Crippen molar-refractivity contribution in [2.75, 3.05) is 32.8 Å². The Hall–Kier alpha value is -2.04. The largest absolute Gasteiger partial charge is 0.483 e. The number of amides is 2. The van der Waals surface area contributed by atoms with Crippen LogP contribution >= 0.6 is 0 Å². The molecule has 0 atom stereocenters. The second kappa shape index (κ2) is 9.30. The summed E-state index contributed by atoms with van der Waals surface area (Å²) in [5.41, 5.74) is 0.518. The van der Waals surface area contributed by atoms with Crippen LogP contribution in [0.5, 0.6) is 5.75 Å². The second-order valence-electron chi connectivity index (χ2n) is 6.06. The summed E-state index contributed by atoms with van der Waals surface area (Å²) in [6.07, 6.45) is 4.49. The number of likely N-dealkylation sites (tertiary alicyclic amines) is 1. The topological polar surface area (TPSA) is 49.9 Å². The molecule has 2 rings (SSSR count). The molecule has 0 saturated carbocycles. The molecule has 0 spiro atoms. The van der Waals surface area contributed by atoms with Crippen LogP contribution in [0.25, 0.3) is 0 Å². The van der Waals surface area contributed by atoms with E-state index < -0.39 is 0 Å². The van der Waals surface area contributed by atoms with Gasteiger partial charge in [-0.3, -0.25) is 9.59 Å². The fraction of sp³-hybridized carbons (Fsp3) is 0.579. The van der Waals surface area contributed by atoms with E-state index in [1.165, 1.54) is 12.8 Å². The summed E-state index contributed by atoms with van der Waals surface area (Å²) >= 11 is 0. The van der Waals surface area contributed by atoms with Crippen molar-refractivity contribution in [3.05, 3.63) is 29.8 Å². The van der Waals surface area contributed by atoms with Crippen molar-refractivity contribution >= 4 is 11.8 Å². The van der Waals surface area contributed by atoms with Crippen LogP contribution in [-0.4, -0.2) is 54.4 Å². The first kappa shape index (κ1) is 18.3. The Kier molecular flexibility index (Phi) is 7.09. The highest BCUT2D eigenvalue weighted by Crippen LogP contribution is 2.20. The molecule has 1 saturated heterocycles. The van der Waals surface area contributed by atoms with E-state index in [2.05, 4.69) is 0 Å². The number of hydrogen-bond acceptors (Lipinski definition) is 3. The highest BCUT2D eigenvalue weighted by molar-refractivity contribution is 5.97. The SMILES string of the molecule is CCN(CC)C(=O)c1ccccc1OCC(=O)N1CCCCCC1. The first-order valence-corrected chi connectivity index (χ1v) is 8.96. The van der Waals surface area contributed by atoms with Gasteiger partial charge in [0.1, 0.15) is 5.75 Å². The summed E-state index contributed by atoms with van der Waals surface area (Å²) < 4.78 is 5.71. The van der Waals surface area contributed by atoms with Gasteiger partial charge in [-0.2, -0.15) is 0 Å². The molecule has 2 amide bonds. The molecule has 1 fully saturated rings. The first-order valence-electron chi connectivity index (χ1n) is 8.96. The highest BCUT2D eigenvalue weighted by atomic mass is 16.5. The van der Waals surface area contributed by atoms with Crippen LogP contribution in [0.15, 0.2) is 24.3 Å². The van der Waals surface area contributed by atoms with Crippen molar-refractivity contribution in [1.82, 2.24) is 9.80 Å². The zero-order valence-corrected chi connectivity index (χ0v) is 14.8. The minimum atomic E-state index is -0.0576. The number of nitrogens with zero attached hydrogens (tertiary/aromatic N) is 2. The first-order chi connectivity index (χ1) is 11.7. The van der Waals surface area contributed by atoms with Crippen LogP contribution in [0.4, 0.5) is 0 Å². The predicted molar refractivity (Wildman–Crippen MR) is 94.2 cm³/mol. The van der Waals surface area contributed by atoms with E-state index in [4.69, 9.17) is 4.74 Å². The van der Waals surface area contributed by atoms with Crippen LogP contribution in [-0.2, 0) is 4.79 Å². The summed E-state index contributed by atoms with van der Waals surface area (Å²) in [6, 6.07) is 7.16. The Morgan fingerprint density at radius 2 is 1.67 bits per heavy atom. The third kappa shape index (κ3) is 4.73. The zero-order valence-electron chi connectivity index (χ0n) is 14.8. The molecular formula is C19H28N2O3. The molecule has 0 N–H and O–H groups in total. The van der Waals surface area contributed by atoms with Crippen molar-refractivity contribution in [2.24, 2.45) is 0 Å². The molecule has 1 aromatic carbocycles. The van der Waals surface area contributed by atoms with Crippen molar-refractivity contribution in [1.29, 1.82) is 0 Å². The monoisotopic (exact) mass is 332 g/mol. The van der Waals surface area contributed by atoms with Gasteiger partial charge in [0.05, 0.1) is 5.56 Å². The van der Waals surface area contributed by atoms with Gasteiger partial charge in [0.2, 0.25) is 0 Å². The number of ether oxygens (including phenoxy) is 1. The van der Waals surface area contributed by atoms with Crippen LogP contribution in [0, 0.1) is 0 Å². The molecule has 24 heavy (non-hydrogen) atoms. The highest BCUT2D eigenvalue weighted by Gasteiger charge is 2.19. The molecule has 0 radical (unpaired) electrons. The lowest BCUT2D eigenvalue weighted by Gasteiger charge is -2.22. The van der Waals surface area contributed by atoms with Crippen molar-refractivity contribution in [2.45, 2.75) is 39.5 Å². The van der Waals surface area contributed by atoms with E-state index >= 15 is 0 Å². The molecule has 0 aromatic heterocycles. The predicted octanol–water partition coefficient (Wildman–Crippen LogP) is 2.95. The summed E-state index contributed by atoms with van der Waals surface area (Å²) in [4.78, 5) is 28.6. The average Bonchev–Trinajstić information content (AvgIpc) is 2.90. The maximum atomic E-state index is 12.6. The van der Waals surface area contributed by atoms with E-state index in [0.29, 0.717) is 24.4 Å². The molecule has 5 nitrogen and oxygen atoms in total. The van der Waals surface area contributed by atoms with Gasteiger partial charge in [0, 0.05) is 26.2 Å². The van der Waals surface area contributed by atoms with Gasteiger partial charge < -0.3 is 14.5 Å². The van der Waals surface area contributed by atoms with Gasteiger partial charge in [-0.1, -0.05) is 25.0 Å². The third-order valence-electron chi connectivity index (χ3n) is 4.48. The van der Waals surface area contributed by atoms with E-state index in [1.807, 2.05) is 30.9 Å². The summed E-state index contributed by atoms with van der Waals surface area (Å²) in [5.74, 6) is 0.428. The van der Waals surface area contributed by atoms with Crippen LogP contribution in [0.1, 0.15) is 49.9 Å². The van der Waals surface area contributed by atoms with Gasteiger partial charge in [-0.15, -0.1) is 0 Å². The van der Waals surface area contributed by atoms with E-state index in [0.717, 1.165) is 25.9 Å². The third-order valence-corrected chi connectivity index (χ3v) is 4.48. The molecule has 1 heterocycles. The van der Waals surface area contributed by atoms with Crippen molar-refractivity contribution in [3.8, 4) is 5.75 Å². The van der Waals surface area contributed by atoms with Crippen LogP contribution in [0.2, 0.25) is 0 Å². The maximum Gasteiger partial charge on any atom is 0.260 e. The minimum absolute atomic E-state index is 0.00184. The quantitative estimate of drug-likeness (QED) is 0.805. The number of carbonyl (C=O) groups is 2. The van der Waals surface area contributed by atoms with Gasteiger partial charge in [0.15, 0.2) is 6.61 Å². The molecule has 1 aliphatic heterocycles. The van der Waals surface area contributed by atoms with Crippen molar-refractivity contribution < 1.29 is 14.3 Å². The van der Waals surface area contributed by atoms with Gasteiger partial charge in [-0.05, 0) is 38.8 Å². The lowest BCUT2D eigenvalue weighted by atomic mass is 10.1. The number of carbonyl (C=O) groups excluding carboxylic acids is 2. The molecular weight excluding hydrogens is 304 g/mol. The Bertz CT molecular complexity index is 547. The molecule has 0 aliphatic carbocycles. The normalized spacial score (nSPS) is 14.8. The van der Waals surface area contributed by atoms with E-state index in [-0.39, 0.29) is 18.4 Å². The standard InChI is InChI=1S/C19H28N2O3/c1-3-20(4-2)19(23)16-11-7-8-12-17(16)24-15-18(22)21-13-9-5-6-10-14-21/h7-8,11-12H,3-6,9-10,13-15H2,1-2H3. The lowest BCUT2D eigenvalue weighted by molar-refractivity contribution is -0.133. The average molecular weight is 332 g/mol. The molecule has 0 unspecified atom stereocenters. The van der Waals surface area contributed by atoms with Gasteiger partial charge in [-0.25, -0.2) is 0 Å². The summed E-state index contributed by atoms with van der Waals surface area (Å²) in [7, 11) is 0. The Labute approximate surface area is 144 Å². The maximum absolute atomic E-state index is 12.6. The number of benzene rings is 1. The van der Waals surface area contributed by atoms with Gasteiger partial charge >= 0.3 is 0 Å². The van der Waals surface area contributed by atoms with E-state index in [1.54, 1.807) is 17.0 Å². The molecule has 132 valence electrons. The molecule has 5 heteroatoms. The Balaban J connectivity index is 2.02. The fourth-order valence-corrected chi connectivity index (χ4v) is 3.00. The zero-order chi connectivity index (χ0) is 17.4. The lowest BCUT2D eigenvalue weighted by Crippen LogP contribution is -2.36. The number of hydrogen-bond donors (Lipinski definition) is 0. The number of para-hydroxylation sites is 1.